The molecule has 1 atom stereocenters. The number of rotatable bonds is 7. The van der Waals surface area contributed by atoms with Crippen molar-refractivity contribution < 1.29 is 0 Å². The minimum absolute atomic E-state index is 0.0961. The molecule has 0 saturated heterocycles. The smallest absolute Gasteiger partial charge is 0.160 e. The minimum Gasteiger partial charge on any atom is -0.231 e. The number of hydrogen-bond acceptors (Lipinski definition) is 2. The summed E-state index contributed by atoms with van der Waals surface area (Å²) < 4.78 is 0. The second kappa shape index (κ2) is 12.7. The molecule has 220 valence electrons. The molecule has 0 spiro atoms. The van der Waals surface area contributed by atoms with Gasteiger partial charge in [0, 0.05) is 16.5 Å². The molecule has 46 heavy (non-hydrogen) atoms. The van der Waals surface area contributed by atoms with Crippen molar-refractivity contribution in [1.82, 2.24) is 9.97 Å². The summed E-state index contributed by atoms with van der Waals surface area (Å²) in [5.41, 5.74) is 11.1. The van der Waals surface area contributed by atoms with E-state index in [0.29, 0.717) is 5.82 Å². The molecule has 0 aliphatic heterocycles. The van der Waals surface area contributed by atoms with Gasteiger partial charge in [0.15, 0.2) is 5.82 Å². The number of nitrogens with zero attached hydrogens (tertiary/aromatic N) is 2. The zero-order valence-corrected chi connectivity index (χ0v) is 26.1. The normalized spacial score (nSPS) is 13.9. The standard InChI is InChI=1S/C44H34N2/c1-44(2,39-26-22-33(23-27-39)38-21-13-20-37(30-38)32-14-9-5-10-15-32)40-28-24-35(25-29-40)42-31-41(34-16-7-3-4-8-17-34)45-43(46-42)36-18-11-6-12-19-36/h3-7,9-16,18-31,34H,1-2H3. The van der Waals surface area contributed by atoms with Crippen LogP contribution in [0.3, 0.4) is 0 Å². The first kappa shape index (κ1) is 29.0. The molecule has 1 aliphatic carbocycles. The Morgan fingerprint density at radius 1 is 0.522 bits per heavy atom. The van der Waals surface area contributed by atoms with Gasteiger partial charge in [0.05, 0.1) is 17.3 Å². The van der Waals surface area contributed by atoms with Crippen molar-refractivity contribution in [3.63, 3.8) is 0 Å². The fourth-order valence-corrected chi connectivity index (χ4v) is 5.94. The van der Waals surface area contributed by atoms with Gasteiger partial charge in [-0.25, -0.2) is 9.97 Å². The van der Waals surface area contributed by atoms with E-state index in [4.69, 9.17) is 9.97 Å². The summed E-state index contributed by atoms with van der Waals surface area (Å²) in [4.78, 5) is 9.95. The number of hydrogen-bond donors (Lipinski definition) is 0. The predicted octanol–water partition coefficient (Wildman–Crippen LogP) is 10.7. The molecular weight excluding hydrogens is 556 g/mol. The summed E-state index contributed by atoms with van der Waals surface area (Å²) in [5, 5.41) is 0. The summed E-state index contributed by atoms with van der Waals surface area (Å²) in [6.45, 7) is 4.57. The van der Waals surface area contributed by atoms with E-state index in [0.717, 1.165) is 22.5 Å². The number of allylic oxidation sites excluding steroid dienone is 4. The summed E-state index contributed by atoms with van der Waals surface area (Å²) >= 11 is 0. The van der Waals surface area contributed by atoms with E-state index in [9.17, 15) is 0 Å². The Hall–Kier alpha value is -5.78. The van der Waals surface area contributed by atoms with Crippen LogP contribution in [0.4, 0.5) is 0 Å². The maximum Gasteiger partial charge on any atom is 0.160 e. The lowest BCUT2D eigenvalue weighted by atomic mass is 9.77. The highest BCUT2D eigenvalue weighted by molar-refractivity contribution is 5.73. The third-order valence-corrected chi connectivity index (χ3v) is 8.74. The number of aromatic nitrogens is 2. The van der Waals surface area contributed by atoms with Crippen LogP contribution in [0, 0.1) is 11.8 Å². The Kier molecular flexibility index (Phi) is 7.98. The van der Waals surface area contributed by atoms with Crippen LogP contribution >= 0.6 is 0 Å². The lowest BCUT2D eigenvalue weighted by Crippen LogP contribution is -2.18. The van der Waals surface area contributed by atoms with E-state index in [1.165, 1.54) is 33.4 Å². The maximum absolute atomic E-state index is 5.01. The van der Waals surface area contributed by atoms with Crippen LogP contribution < -0.4 is 0 Å². The summed E-state index contributed by atoms with van der Waals surface area (Å²) in [5.74, 6) is 7.05. The van der Waals surface area contributed by atoms with Gasteiger partial charge in [0.2, 0.25) is 0 Å². The van der Waals surface area contributed by atoms with Gasteiger partial charge in [-0.3, -0.25) is 0 Å². The van der Waals surface area contributed by atoms with Crippen molar-refractivity contribution in [3.05, 3.63) is 181 Å². The second-order valence-electron chi connectivity index (χ2n) is 12.1. The van der Waals surface area contributed by atoms with Gasteiger partial charge in [0.25, 0.3) is 0 Å². The zero-order valence-electron chi connectivity index (χ0n) is 26.1. The molecule has 0 saturated carbocycles. The quantitative estimate of drug-likeness (QED) is 0.173. The zero-order chi connectivity index (χ0) is 31.3. The fourth-order valence-electron chi connectivity index (χ4n) is 5.94. The molecule has 1 heterocycles. The molecule has 1 unspecified atom stereocenters. The molecule has 0 amide bonds. The highest BCUT2D eigenvalue weighted by Crippen LogP contribution is 2.35. The molecule has 2 nitrogen and oxygen atoms in total. The summed E-state index contributed by atoms with van der Waals surface area (Å²) in [6, 6.07) is 49.3. The summed E-state index contributed by atoms with van der Waals surface area (Å²) in [7, 11) is 0. The van der Waals surface area contributed by atoms with Gasteiger partial charge < -0.3 is 0 Å². The van der Waals surface area contributed by atoms with Crippen molar-refractivity contribution in [1.29, 1.82) is 0 Å². The van der Waals surface area contributed by atoms with E-state index in [1.54, 1.807) is 0 Å². The summed E-state index contributed by atoms with van der Waals surface area (Å²) in [6.07, 6.45) is 7.94. The van der Waals surface area contributed by atoms with Crippen LogP contribution in [0.5, 0.6) is 0 Å². The van der Waals surface area contributed by atoms with Crippen LogP contribution in [0.15, 0.2) is 164 Å². The topological polar surface area (TPSA) is 25.8 Å². The molecule has 1 aromatic heterocycles. The first-order valence-corrected chi connectivity index (χ1v) is 15.7. The molecule has 0 fully saturated rings. The van der Waals surface area contributed by atoms with Crippen LogP contribution in [-0.4, -0.2) is 9.97 Å². The van der Waals surface area contributed by atoms with Gasteiger partial charge in [-0.05, 0) is 51.6 Å². The average molecular weight is 591 g/mol. The SMILES string of the molecule is CC(C)(c1ccc(-c2cccc(-c3ccccc3)c2)cc1)c1ccc(-c2cc(C3C#CC=CC=C3)nc(-c3ccccc3)n2)cc1. The molecule has 0 N–H and O–H groups in total. The number of benzene rings is 5. The van der Waals surface area contributed by atoms with Gasteiger partial charge in [0.1, 0.15) is 0 Å². The molecule has 0 bridgehead atoms. The Morgan fingerprint density at radius 3 is 1.74 bits per heavy atom. The van der Waals surface area contributed by atoms with Gasteiger partial charge in [-0.2, -0.15) is 0 Å². The molecule has 2 heteroatoms. The highest BCUT2D eigenvalue weighted by Gasteiger charge is 2.23. The maximum atomic E-state index is 5.01. The Labute approximate surface area is 271 Å². The van der Waals surface area contributed by atoms with Crippen LogP contribution in [0.2, 0.25) is 0 Å². The highest BCUT2D eigenvalue weighted by atomic mass is 14.9. The van der Waals surface area contributed by atoms with E-state index in [2.05, 4.69) is 153 Å². The largest absolute Gasteiger partial charge is 0.231 e. The molecule has 1 aliphatic rings. The molecular formula is C44H34N2. The van der Waals surface area contributed by atoms with Crippen molar-refractivity contribution in [2.24, 2.45) is 0 Å². The van der Waals surface area contributed by atoms with Crippen LogP contribution in [0.25, 0.3) is 44.9 Å². The lowest BCUT2D eigenvalue weighted by molar-refractivity contribution is 0.641. The third kappa shape index (κ3) is 6.09. The predicted molar refractivity (Wildman–Crippen MR) is 191 cm³/mol. The van der Waals surface area contributed by atoms with Gasteiger partial charge >= 0.3 is 0 Å². The monoisotopic (exact) mass is 590 g/mol. The van der Waals surface area contributed by atoms with Crippen molar-refractivity contribution in [2.45, 2.75) is 25.2 Å². The van der Waals surface area contributed by atoms with Gasteiger partial charge in [-0.1, -0.05) is 171 Å². The Morgan fingerprint density at radius 2 is 1.09 bits per heavy atom. The first-order chi connectivity index (χ1) is 22.5. The average Bonchev–Trinajstić information content (AvgIpc) is 3.42. The van der Waals surface area contributed by atoms with Crippen molar-refractivity contribution in [3.8, 4) is 56.7 Å². The third-order valence-electron chi connectivity index (χ3n) is 8.74. The van der Waals surface area contributed by atoms with Crippen LogP contribution in [0.1, 0.15) is 36.6 Å². The Balaban J connectivity index is 1.17. The van der Waals surface area contributed by atoms with E-state index >= 15 is 0 Å². The van der Waals surface area contributed by atoms with E-state index < -0.39 is 0 Å². The van der Waals surface area contributed by atoms with Crippen LogP contribution in [-0.2, 0) is 5.41 Å². The van der Waals surface area contributed by atoms with Crippen molar-refractivity contribution >= 4 is 0 Å². The molecule has 0 radical (unpaired) electrons. The first-order valence-electron chi connectivity index (χ1n) is 15.7. The molecule has 6 aromatic rings. The van der Waals surface area contributed by atoms with E-state index in [-0.39, 0.29) is 11.3 Å². The minimum atomic E-state index is -0.178. The second-order valence-corrected chi connectivity index (χ2v) is 12.1. The lowest BCUT2D eigenvalue weighted by Gasteiger charge is -2.26. The van der Waals surface area contributed by atoms with Crippen molar-refractivity contribution in [2.75, 3.05) is 0 Å². The fraction of sp³-hybridized carbons (Fsp3) is 0.0909. The Bertz CT molecular complexity index is 2090. The van der Waals surface area contributed by atoms with E-state index in [1.807, 2.05) is 36.4 Å². The molecule has 7 rings (SSSR count). The van der Waals surface area contributed by atoms with Gasteiger partial charge in [-0.15, -0.1) is 0 Å². The molecule has 5 aromatic carbocycles.